The molecule has 0 bridgehead atoms. The van der Waals surface area contributed by atoms with E-state index in [0.29, 0.717) is 22.0 Å². The number of aromatic nitrogens is 2. The number of benzene rings is 1. The Balaban J connectivity index is 1.76. The van der Waals surface area contributed by atoms with Gasteiger partial charge in [0.1, 0.15) is 5.82 Å². The van der Waals surface area contributed by atoms with Crippen LogP contribution in [0.2, 0.25) is 10.0 Å². The molecule has 0 spiro atoms. The van der Waals surface area contributed by atoms with Crippen molar-refractivity contribution in [3.05, 3.63) is 40.0 Å². The molecule has 2 N–H and O–H groups in total. The van der Waals surface area contributed by atoms with Crippen LogP contribution in [-0.2, 0) is 0 Å². The third-order valence-electron chi connectivity index (χ3n) is 3.93. The monoisotopic (exact) mass is 350 g/mol. The molecule has 1 aromatic carbocycles. The molecule has 4 nitrogen and oxygen atoms in total. The Hall–Kier alpha value is -1.52. The van der Waals surface area contributed by atoms with Crippen molar-refractivity contribution in [2.24, 2.45) is 0 Å². The summed E-state index contributed by atoms with van der Waals surface area (Å²) in [6, 6.07) is 7.78. The third kappa shape index (κ3) is 4.72. The second-order valence-corrected chi connectivity index (χ2v) is 6.85. The number of halogens is 2. The van der Waals surface area contributed by atoms with Crippen LogP contribution in [0.4, 0.5) is 17.5 Å². The summed E-state index contributed by atoms with van der Waals surface area (Å²) in [7, 11) is 0. The van der Waals surface area contributed by atoms with Gasteiger partial charge in [-0.1, -0.05) is 42.5 Å². The van der Waals surface area contributed by atoms with E-state index in [1.807, 2.05) is 13.0 Å². The molecule has 2 aromatic rings. The van der Waals surface area contributed by atoms with E-state index < -0.39 is 0 Å². The Morgan fingerprint density at radius 1 is 0.957 bits per heavy atom. The van der Waals surface area contributed by atoms with Crippen LogP contribution in [0, 0.1) is 6.92 Å². The molecule has 1 aliphatic carbocycles. The normalized spacial score (nSPS) is 15.4. The number of hydrogen-bond donors (Lipinski definition) is 2. The van der Waals surface area contributed by atoms with Gasteiger partial charge in [0, 0.05) is 33.5 Å². The smallest absolute Gasteiger partial charge is 0.229 e. The van der Waals surface area contributed by atoms with Crippen molar-refractivity contribution in [2.45, 2.75) is 45.1 Å². The molecule has 23 heavy (non-hydrogen) atoms. The second kappa shape index (κ2) is 7.37. The molecule has 1 saturated carbocycles. The van der Waals surface area contributed by atoms with E-state index in [2.05, 4.69) is 20.6 Å². The minimum absolute atomic E-state index is 0.506. The van der Waals surface area contributed by atoms with E-state index in [4.69, 9.17) is 23.2 Å². The fourth-order valence-electron chi connectivity index (χ4n) is 2.91. The lowest BCUT2D eigenvalue weighted by atomic mass is 9.95. The standard InChI is InChI=1S/C17H20Cl2N4/c1-11-7-16(21-14-5-3-2-4-6-14)23-17(20-11)22-15-9-12(18)8-13(19)10-15/h7-10,14H,2-6H2,1H3,(H2,20,21,22,23). The fraction of sp³-hybridized carbons (Fsp3) is 0.412. The van der Waals surface area contributed by atoms with Crippen LogP contribution in [0.15, 0.2) is 24.3 Å². The maximum absolute atomic E-state index is 6.03. The fourth-order valence-corrected chi connectivity index (χ4v) is 3.44. The first-order valence-electron chi connectivity index (χ1n) is 7.94. The van der Waals surface area contributed by atoms with Gasteiger partial charge in [0.15, 0.2) is 0 Å². The molecular weight excluding hydrogens is 331 g/mol. The number of hydrogen-bond acceptors (Lipinski definition) is 4. The minimum Gasteiger partial charge on any atom is -0.367 e. The molecule has 3 rings (SSSR count). The van der Waals surface area contributed by atoms with E-state index >= 15 is 0 Å². The van der Waals surface area contributed by atoms with Gasteiger partial charge in [0.05, 0.1) is 0 Å². The Kier molecular flexibility index (Phi) is 5.23. The van der Waals surface area contributed by atoms with Gasteiger partial charge >= 0.3 is 0 Å². The first kappa shape index (κ1) is 16.3. The van der Waals surface area contributed by atoms with E-state index in [-0.39, 0.29) is 0 Å². The van der Waals surface area contributed by atoms with Crippen molar-refractivity contribution in [2.75, 3.05) is 10.6 Å². The van der Waals surface area contributed by atoms with Crippen molar-refractivity contribution >= 4 is 40.7 Å². The SMILES string of the molecule is Cc1cc(NC2CCCCC2)nc(Nc2cc(Cl)cc(Cl)c2)n1. The van der Waals surface area contributed by atoms with Gasteiger partial charge < -0.3 is 10.6 Å². The molecule has 0 atom stereocenters. The Labute approximate surface area is 146 Å². The largest absolute Gasteiger partial charge is 0.367 e. The Morgan fingerprint density at radius 3 is 2.35 bits per heavy atom. The van der Waals surface area contributed by atoms with Gasteiger partial charge in [-0.15, -0.1) is 0 Å². The first-order valence-corrected chi connectivity index (χ1v) is 8.69. The van der Waals surface area contributed by atoms with Gasteiger partial charge in [0.2, 0.25) is 5.95 Å². The van der Waals surface area contributed by atoms with Gasteiger partial charge in [-0.2, -0.15) is 4.98 Å². The molecule has 0 amide bonds. The van der Waals surface area contributed by atoms with Crippen molar-refractivity contribution in [3.63, 3.8) is 0 Å². The summed E-state index contributed by atoms with van der Waals surface area (Å²) in [5, 5.41) is 7.85. The summed E-state index contributed by atoms with van der Waals surface area (Å²) >= 11 is 12.1. The zero-order valence-corrected chi connectivity index (χ0v) is 14.6. The molecule has 1 fully saturated rings. The highest BCUT2D eigenvalue weighted by Crippen LogP contribution is 2.25. The van der Waals surface area contributed by atoms with Crippen LogP contribution in [0.1, 0.15) is 37.8 Å². The predicted molar refractivity (Wildman–Crippen MR) is 97.0 cm³/mol. The zero-order valence-electron chi connectivity index (χ0n) is 13.1. The lowest BCUT2D eigenvalue weighted by molar-refractivity contribution is 0.462. The summed E-state index contributed by atoms with van der Waals surface area (Å²) in [6.45, 7) is 1.96. The maximum atomic E-state index is 6.03. The number of nitrogens with one attached hydrogen (secondary N) is 2. The van der Waals surface area contributed by atoms with Crippen LogP contribution in [0.5, 0.6) is 0 Å². The molecule has 0 unspecified atom stereocenters. The van der Waals surface area contributed by atoms with E-state index in [0.717, 1.165) is 17.2 Å². The average Bonchev–Trinajstić information content (AvgIpc) is 2.46. The number of aryl methyl sites for hydroxylation is 1. The molecular formula is C17H20Cl2N4. The maximum Gasteiger partial charge on any atom is 0.229 e. The molecule has 0 aliphatic heterocycles. The average molecular weight is 351 g/mol. The van der Waals surface area contributed by atoms with Crippen molar-refractivity contribution in [3.8, 4) is 0 Å². The Morgan fingerprint density at radius 2 is 1.65 bits per heavy atom. The van der Waals surface area contributed by atoms with E-state index in [9.17, 15) is 0 Å². The predicted octanol–water partition coefficient (Wildman–Crippen LogP) is 5.58. The van der Waals surface area contributed by atoms with E-state index in [1.165, 1.54) is 32.1 Å². The molecule has 1 aliphatic rings. The number of anilines is 3. The first-order chi connectivity index (χ1) is 11.1. The third-order valence-corrected chi connectivity index (χ3v) is 4.37. The summed E-state index contributed by atoms with van der Waals surface area (Å²) in [4.78, 5) is 9.00. The van der Waals surface area contributed by atoms with Gasteiger partial charge in [-0.3, -0.25) is 0 Å². The second-order valence-electron chi connectivity index (χ2n) is 5.98. The molecule has 6 heteroatoms. The molecule has 122 valence electrons. The highest BCUT2D eigenvalue weighted by atomic mass is 35.5. The minimum atomic E-state index is 0.506. The lowest BCUT2D eigenvalue weighted by Gasteiger charge is -2.23. The van der Waals surface area contributed by atoms with E-state index in [1.54, 1.807) is 18.2 Å². The van der Waals surface area contributed by atoms with Crippen LogP contribution >= 0.6 is 23.2 Å². The van der Waals surface area contributed by atoms with Crippen molar-refractivity contribution in [1.82, 2.24) is 9.97 Å². The van der Waals surface area contributed by atoms with Gasteiger partial charge in [-0.05, 0) is 38.0 Å². The van der Waals surface area contributed by atoms with Crippen LogP contribution in [0.25, 0.3) is 0 Å². The topological polar surface area (TPSA) is 49.8 Å². The van der Waals surface area contributed by atoms with Crippen molar-refractivity contribution in [1.29, 1.82) is 0 Å². The quantitative estimate of drug-likeness (QED) is 0.755. The molecule has 1 heterocycles. The molecule has 1 aromatic heterocycles. The number of nitrogens with zero attached hydrogens (tertiary/aromatic N) is 2. The zero-order chi connectivity index (χ0) is 16.2. The summed E-state index contributed by atoms with van der Waals surface area (Å²) in [5.74, 6) is 1.40. The van der Waals surface area contributed by atoms with Gasteiger partial charge in [0.25, 0.3) is 0 Å². The summed E-state index contributed by atoms with van der Waals surface area (Å²) in [5.41, 5.74) is 1.69. The van der Waals surface area contributed by atoms with Crippen LogP contribution in [0.3, 0.4) is 0 Å². The van der Waals surface area contributed by atoms with Crippen LogP contribution < -0.4 is 10.6 Å². The highest BCUT2D eigenvalue weighted by Gasteiger charge is 2.14. The summed E-state index contributed by atoms with van der Waals surface area (Å²) < 4.78 is 0. The molecule has 0 radical (unpaired) electrons. The molecule has 0 saturated heterocycles. The van der Waals surface area contributed by atoms with Crippen molar-refractivity contribution < 1.29 is 0 Å². The van der Waals surface area contributed by atoms with Crippen LogP contribution in [-0.4, -0.2) is 16.0 Å². The number of rotatable bonds is 4. The Bertz CT molecular complexity index is 664. The highest BCUT2D eigenvalue weighted by molar-refractivity contribution is 6.35. The van der Waals surface area contributed by atoms with Gasteiger partial charge in [-0.25, -0.2) is 4.98 Å². The summed E-state index contributed by atoms with van der Waals surface area (Å²) in [6.07, 6.45) is 6.32. The lowest BCUT2D eigenvalue weighted by Crippen LogP contribution is -2.23.